The van der Waals surface area contributed by atoms with Crippen molar-refractivity contribution in [3.63, 3.8) is 0 Å². The number of benzene rings is 2. The quantitative estimate of drug-likeness (QED) is 0.703. The molecule has 9 nitrogen and oxygen atoms in total. The molecule has 9 heteroatoms. The second-order valence-corrected chi connectivity index (χ2v) is 8.52. The fourth-order valence-corrected chi connectivity index (χ4v) is 4.76. The number of likely N-dealkylation sites (tertiary alicyclic amines) is 2. The maximum absolute atomic E-state index is 12.9. The smallest absolute Gasteiger partial charge is 0.321 e. The highest BCUT2D eigenvalue weighted by Gasteiger charge is 2.42. The molecule has 3 aromatic rings. The van der Waals surface area contributed by atoms with Gasteiger partial charge in [0.1, 0.15) is 12.9 Å². The van der Waals surface area contributed by atoms with Crippen LogP contribution in [0.3, 0.4) is 0 Å². The van der Waals surface area contributed by atoms with Crippen LogP contribution < -0.4 is 5.32 Å². The van der Waals surface area contributed by atoms with Crippen LogP contribution in [0.5, 0.6) is 0 Å². The Morgan fingerprint density at radius 2 is 1.71 bits per heavy atom. The number of urea groups is 1. The number of amides is 3. The van der Waals surface area contributed by atoms with Crippen molar-refractivity contribution in [2.45, 2.75) is 25.8 Å². The summed E-state index contributed by atoms with van der Waals surface area (Å²) in [7, 11) is 0. The lowest BCUT2D eigenvalue weighted by Gasteiger charge is -2.39. The van der Waals surface area contributed by atoms with Gasteiger partial charge in [0.05, 0.1) is 5.69 Å². The maximum Gasteiger partial charge on any atom is 0.321 e. The molecular formula is C22H25N7O2. The Kier molecular flexibility index (Phi) is 5.01. The minimum absolute atomic E-state index is 0.0419. The molecule has 160 valence electrons. The van der Waals surface area contributed by atoms with Crippen molar-refractivity contribution in [1.82, 2.24) is 30.0 Å². The number of carbonyl (C=O) groups excluding carboxylic acids is 2. The van der Waals surface area contributed by atoms with E-state index >= 15 is 0 Å². The standard InChI is InChI=1S/C22H25N7O2/c30-20(14-29-16-23-25-26-29)28-13-10-22(15-28)8-11-27(12-9-22)21(31)24-19-7-3-5-17-4-1-2-6-18(17)19/h1-7,16H,8-15H2,(H,24,31). The normalized spacial score (nSPS) is 17.9. The summed E-state index contributed by atoms with van der Waals surface area (Å²) >= 11 is 0. The van der Waals surface area contributed by atoms with Crippen molar-refractivity contribution in [1.29, 1.82) is 0 Å². The van der Waals surface area contributed by atoms with Gasteiger partial charge in [0, 0.05) is 31.6 Å². The summed E-state index contributed by atoms with van der Waals surface area (Å²) in [6.07, 6.45) is 4.25. The Morgan fingerprint density at radius 1 is 0.968 bits per heavy atom. The van der Waals surface area contributed by atoms with Gasteiger partial charge in [0.25, 0.3) is 0 Å². The molecule has 0 unspecified atom stereocenters. The summed E-state index contributed by atoms with van der Waals surface area (Å²) in [4.78, 5) is 29.2. The van der Waals surface area contributed by atoms with Crippen molar-refractivity contribution in [3.8, 4) is 0 Å². The molecule has 31 heavy (non-hydrogen) atoms. The first-order chi connectivity index (χ1) is 15.1. The van der Waals surface area contributed by atoms with Crippen LogP contribution >= 0.6 is 0 Å². The Bertz CT molecular complexity index is 1080. The summed E-state index contributed by atoms with van der Waals surface area (Å²) in [5.74, 6) is 0.0419. The lowest BCUT2D eigenvalue weighted by molar-refractivity contribution is -0.131. The Hall–Kier alpha value is -3.49. The average molecular weight is 419 g/mol. The van der Waals surface area contributed by atoms with Crippen LogP contribution in [0, 0.1) is 5.41 Å². The third-order valence-corrected chi connectivity index (χ3v) is 6.62. The minimum atomic E-state index is -0.0594. The van der Waals surface area contributed by atoms with Crippen LogP contribution in [0.4, 0.5) is 10.5 Å². The predicted octanol–water partition coefficient (Wildman–Crippen LogP) is 2.37. The molecule has 2 aliphatic rings. The zero-order chi connectivity index (χ0) is 21.3. The van der Waals surface area contributed by atoms with E-state index in [4.69, 9.17) is 0 Å². The molecule has 0 atom stereocenters. The van der Waals surface area contributed by atoms with E-state index in [9.17, 15) is 9.59 Å². The van der Waals surface area contributed by atoms with Crippen LogP contribution in [0.2, 0.25) is 0 Å². The summed E-state index contributed by atoms with van der Waals surface area (Å²) in [6.45, 7) is 3.07. The van der Waals surface area contributed by atoms with Gasteiger partial charge in [-0.25, -0.2) is 9.48 Å². The molecule has 1 spiro atoms. The number of fused-ring (bicyclic) bond motifs is 1. The lowest BCUT2D eigenvalue weighted by atomic mass is 9.78. The van der Waals surface area contributed by atoms with E-state index in [0.717, 1.165) is 48.8 Å². The monoisotopic (exact) mass is 419 g/mol. The molecule has 0 saturated carbocycles. The molecule has 1 N–H and O–H groups in total. The molecule has 2 fully saturated rings. The number of tetrazole rings is 1. The van der Waals surface area contributed by atoms with Crippen molar-refractivity contribution in [2.24, 2.45) is 5.41 Å². The number of rotatable bonds is 3. The van der Waals surface area contributed by atoms with Crippen molar-refractivity contribution in [3.05, 3.63) is 48.8 Å². The predicted molar refractivity (Wildman–Crippen MR) is 115 cm³/mol. The molecule has 2 saturated heterocycles. The minimum Gasteiger partial charge on any atom is -0.341 e. The van der Waals surface area contributed by atoms with Gasteiger partial charge in [-0.2, -0.15) is 0 Å². The molecule has 3 amide bonds. The van der Waals surface area contributed by atoms with E-state index < -0.39 is 0 Å². The lowest BCUT2D eigenvalue weighted by Crippen LogP contribution is -2.46. The van der Waals surface area contributed by atoms with E-state index in [2.05, 4.69) is 20.8 Å². The van der Waals surface area contributed by atoms with Crippen LogP contribution in [-0.2, 0) is 11.3 Å². The van der Waals surface area contributed by atoms with E-state index in [1.54, 1.807) is 0 Å². The number of hydrogen-bond donors (Lipinski definition) is 1. The van der Waals surface area contributed by atoms with E-state index in [0.29, 0.717) is 13.1 Å². The molecule has 0 aliphatic carbocycles. The van der Waals surface area contributed by atoms with Gasteiger partial charge < -0.3 is 15.1 Å². The highest BCUT2D eigenvalue weighted by atomic mass is 16.2. The van der Waals surface area contributed by atoms with Gasteiger partial charge in [0.2, 0.25) is 5.91 Å². The topological polar surface area (TPSA) is 96.2 Å². The summed E-state index contributed by atoms with van der Waals surface area (Å²) in [5, 5.41) is 16.2. The van der Waals surface area contributed by atoms with Gasteiger partial charge in [0.15, 0.2) is 0 Å². The third kappa shape index (κ3) is 3.95. The third-order valence-electron chi connectivity index (χ3n) is 6.62. The zero-order valence-electron chi connectivity index (χ0n) is 17.3. The van der Waals surface area contributed by atoms with Gasteiger partial charge in [-0.3, -0.25) is 4.79 Å². The van der Waals surface area contributed by atoms with E-state index in [1.165, 1.54) is 11.0 Å². The molecule has 2 aliphatic heterocycles. The van der Waals surface area contributed by atoms with Crippen LogP contribution in [0.1, 0.15) is 19.3 Å². The number of carbonyl (C=O) groups is 2. The van der Waals surface area contributed by atoms with E-state index in [-0.39, 0.29) is 23.9 Å². The van der Waals surface area contributed by atoms with Gasteiger partial charge in [-0.15, -0.1) is 5.10 Å². The zero-order valence-corrected chi connectivity index (χ0v) is 17.3. The number of piperidine rings is 1. The SMILES string of the molecule is O=C(Cn1cnnn1)N1CCC2(CCN(C(=O)Nc3cccc4ccccc34)CC2)C1. The molecule has 2 aromatic carbocycles. The molecule has 1 aromatic heterocycles. The number of nitrogens with one attached hydrogen (secondary N) is 1. The highest BCUT2D eigenvalue weighted by Crippen LogP contribution is 2.40. The molecule has 0 radical (unpaired) electrons. The highest BCUT2D eigenvalue weighted by molar-refractivity contribution is 6.01. The second kappa shape index (κ2) is 7.98. The first kappa shape index (κ1) is 19.5. The second-order valence-electron chi connectivity index (χ2n) is 8.52. The van der Waals surface area contributed by atoms with Gasteiger partial charge >= 0.3 is 6.03 Å². The Morgan fingerprint density at radius 3 is 2.48 bits per heavy atom. The van der Waals surface area contributed by atoms with Gasteiger partial charge in [-0.1, -0.05) is 36.4 Å². The molecular weight excluding hydrogens is 394 g/mol. The fourth-order valence-electron chi connectivity index (χ4n) is 4.76. The van der Waals surface area contributed by atoms with Crippen LogP contribution in [0.15, 0.2) is 48.8 Å². The van der Waals surface area contributed by atoms with Gasteiger partial charge in [-0.05, 0) is 46.6 Å². The summed E-state index contributed by atoms with van der Waals surface area (Å²) < 4.78 is 1.45. The maximum atomic E-state index is 12.9. The summed E-state index contributed by atoms with van der Waals surface area (Å²) in [5.41, 5.74) is 0.940. The van der Waals surface area contributed by atoms with Crippen LogP contribution in [0.25, 0.3) is 10.8 Å². The molecule has 5 rings (SSSR count). The number of aromatic nitrogens is 4. The van der Waals surface area contributed by atoms with Crippen molar-refractivity contribution in [2.75, 3.05) is 31.5 Å². The Balaban J connectivity index is 1.17. The van der Waals surface area contributed by atoms with Crippen molar-refractivity contribution < 1.29 is 9.59 Å². The first-order valence-electron chi connectivity index (χ1n) is 10.6. The van der Waals surface area contributed by atoms with Crippen molar-refractivity contribution >= 4 is 28.4 Å². The first-order valence-corrected chi connectivity index (χ1v) is 10.6. The average Bonchev–Trinajstić information content (AvgIpc) is 3.45. The summed E-state index contributed by atoms with van der Waals surface area (Å²) in [6, 6.07) is 13.9. The fraction of sp³-hybridized carbons (Fsp3) is 0.409. The number of nitrogens with zero attached hydrogens (tertiary/aromatic N) is 6. The number of hydrogen-bond acceptors (Lipinski definition) is 5. The van der Waals surface area contributed by atoms with Crippen LogP contribution in [-0.4, -0.2) is 68.1 Å². The largest absolute Gasteiger partial charge is 0.341 e. The van der Waals surface area contributed by atoms with E-state index in [1.807, 2.05) is 52.3 Å². The Labute approximate surface area is 180 Å². The molecule has 0 bridgehead atoms. The molecule has 3 heterocycles. The number of anilines is 1.